The maximum absolute atomic E-state index is 12.3. The summed E-state index contributed by atoms with van der Waals surface area (Å²) in [5, 5.41) is 3.31. The van der Waals surface area contributed by atoms with Gasteiger partial charge in [0.1, 0.15) is 16.7 Å². The second-order valence-corrected chi connectivity index (χ2v) is 7.80. The Bertz CT molecular complexity index is 397. The lowest BCUT2D eigenvalue weighted by Gasteiger charge is -2.26. The van der Waals surface area contributed by atoms with Crippen molar-refractivity contribution >= 4 is 28.0 Å². The van der Waals surface area contributed by atoms with E-state index in [9.17, 15) is 9.59 Å². The lowest BCUT2D eigenvalue weighted by atomic mass is 10.1. The Morgan fingerprint density at radius 2 is 1.65 bits per heavy atom. The number of carbonyl (C=O) groups excluding carboxylic acids is 2. The number of nitrogens with one attached hydrogen (secondary N) is 1. The molecule has 0 heterocycles. The molecule has 0 saturated heterocycles. The third-order valence-corrected chi connectivity index (χ3v) is 3.56. The van der Waals surface area contributed by atoms with Gasteiger partial charge in [-0.15, -0.1) is 0 Å². The van der Waals surface area contributed by atoms with E-state index in [1.165, 1.54) is 0 Å². The van der Waals surface area contributed by atoms with E-state index in [2.05, 4.69) is 21.2 Å². The fraction of sp³-hybridized carbons (Fsp3) is 0.857. The Kier molecular flexibility index (Phi) is 4.79. The van der Waals surface area contributed by atoms with Crippen molar-refractivity contribution in [3.63, 3.8) is 0 Å². The highest BCUT2D eigenvalue weighted by Crippen LogP contribution is 2.46. The van der Waals surface area contributed by atoms with Crippen molar-refractivity contribution in [1.82, 2.24) is 5.32 Å². The normalized spacial score (nSPS) is 25.9. The summed E-state index contributed by atoms with van der Waals surface area (Å²) >= 11 is 3.35. The van der Waals surface area contributed by atoms with Crippen LogP contribution in [-0.2, 0) is 14.3 Å². The smallest absolute Gasteiger partial charge is 0.408 e. The molecule has 0 radical (unpaired) electrons. The number of amides is 1. The minimum Gasteiger partial charge on any atom is -0.458 e. The molecular weight excluding hydrogens is 326 g/mol. The molecule has 1 amide bonds. The monoisotopic (exact) mass is 349 g/mol. The van der Waals surface area contributed by atoms with Crippen molar-refractivity contribution in [2.24, 2.45) is 5.92 Å². The van der Waals surface area contributed by atoms with Crippen LogP contribution in [0.4, 0.5) is 4.79 Å². The number of esters is 1. The maximum atomic E-state index is 12.3. The standard InChI is InChI=1S/C14H24BrNO4/c1-12(2,3)19-10(17)14(7-9(14)8-15)16-11(18)20-13(4,5)6/h9H,7-8H2,1-6H3,(H,16,18)/t9-,14-/m0/s1. The van der Waals surface area contributed by atoms with Gasteiger partial charge in [0.25, 0.3) is 0 Å². The van der Waals surface area contributed by atoms with Crippen LogP contribution >= 0.6 is 15.9 Å². The molecule has 20 heavy (non-hydrogen) atoms. The van der Waals surface area contributed by atoms with Crippen LogP contribution in [0.3, 0.4) is 0 Å². The molecule has 6 heteroatoms. The first-order chi connectivity index (χ1) is 8.89. The van der Waals surface area contributed by atoms with E-state index in [0.29, 0.717) is 11.8 Å². The molecule has 0 aromatic carbocycles. The Labute approximate surface area is 128 Å². The van der Waals surface area contributed by atoms with Crippen LogP contribution in [0.1, 0.15) is 48.0 Å². The van der Waals surface area contributed by atoms with E-state index >= 15 is 0 Å². The van der Waals surface area contributed by atoms with Crippen molar-refractivity contribution in [1.29, 1.82) is 0 Å². The summed E-state index contributed by atoms with van der Waals surface area (Å²) in [4.78, 5) is 24.2. The molecule has 1 aliphatic rings. The van der Waals surface area contributed by atoms with E-state index in [1.54, 1.807) is 41.5 Å². The number of carbonyl (C=O) groups is 2. The summed E-state index contributed by atoms with van der Waals surface area (Å²) in [5.74, 6) is -0.370. The quantitative estimate of drug-likeness (QED) is 0.628. The lowest BCUT2D eigenvalue weighted by Crippen LogP contribution is -2.49. The topological polar surface area (TPSA) is 64.6 Å². The van der Waals surface area contributed by atoms with Crippen LogP contribution in [0.2, 0.25) is 0 Å². The first-order valence-corrected chi connectivity index (χ1v) is 7.82. The van der Waals surface area contributed by atoms with Crippen molar-refractivity contribution in [2.45, 2.75) is 64.7 Å². The van der Waals surface area contributed by atoms with Gasteiger partial charge in [-0.05, 0) is 48.0 Å². The SMILES string of the molecule is CC(C)(C)OC(=O)N[C@@]1(C(=O)OC(C)(C)C)C[C@H]1CBr. The van der Waals surface area contributed by atoms with Crippen molar-refractivity contribution in [2.75, 3.05) is 5.33 Å². The van der Waals surface area contributed by atoms with Gasteiger partial charge in [0.2, 0.25) is 0 Å². The van der Waals surface area contributed by atoms with Gasteiger partial charge < -0.3 is 14.8 Å². The molecule has 5 nitrogen and oxygen atoms in total. The molecule has 0 aromatic heterocycles. The third kappa shape index (κ3) is 4.65. The molecule has 0 bridgehead atoms. The highest BCUT2D eigenvalue weighted by Gasteiger charge is 2.62. The molecule has 1 saturated carbocycles. The fourth-order valence-electron chi connectivity index (χ4n) is 1.83. The number of halogens is 1. The second kappa shape index (κ2) is 5.54. The summed E-state index contributed by atoms with van der Waals surface area (Å²) in [6, 6.07) is 0. The fourth-order valence-corrected chi connectivity index (χ4v) is 2.61. The number of hydrogen-bond donors (Lipinski definition) is 1. The van der Waals surface area contributed by atoms with E-state index in [4.69, 9.17) is 9.47 Å². The van der Waals surface area contributed by atoms with E-state index in [-0.39, 0.29) is 5.92 Å². The predicted molar refractivity (Wildman–Crippen MR) is 79.8 cm³/mol. The van der Waals surface area contributed by atoms with Crippen LogP contribution in [0.15, 0.2) is 0 Å². The largest absolute Gasteiger partial charge is 0.458 e. The zero-order valence-electron chi connectivity index (χ0n) is 13.0. The molecule has 1 rings (SSSR count). The highest BCUT2D eigenvalue weighted by molar-refractivity contribution is 9.09. The van der Waals surface area contributed by atoms with Gasteiger partial charge in [0, 0.05) is 11.2 Å². The zero-order valence-corrected chi connectivity index (χ0v) is 14.6. The maximum Gasteiger partial charge on any atom is 0.408 e. The average Bonchev–Trinajstić information content (AvgIpc) is 2.86. The van der Waals surface area contributed by atoms with Gasteiger partial charge in [0.15, 0.2) is 0 Å². The van der Waals surface area contributed by atoms with Gasteiger partial charge in [-0.1, -0.05) is 15.9 Å². The highest BCUT2D eigenvalue weighted by atomic mass is 79.9. The first-order valence-electron chi connectivity index (χ1n) is 6.70. The molecule has 0 aromatic rings. The molecule has 0 spiro atoms. The summed E-state index contributed by atoms with van der Waals surface area (Å²) in [6.07, 6.45) is -0.0290. The number of rotatable bonds is 3. The number of alkyl carbamates (subject to hydrolysis) is 1. The molecule has 1 aliphatic carbocycles. The van der Waals surface area contributed by atoms with Gasteiger partial charge in [0.05, 0.1) is 0 Å². The number of hydrogen-bond acceptors (Lipinski definition) is 4. The Morgan fingerprint density at radius 1 is 1.15 bits per heavy atom. The number of alkyl halides is 1. The summed E-state index contributed by atoms with van der Waals surface area (Å²) in [5.41, 5.74) is -2.14. The van der Waals surface area contributed by atoms with E-state index in [1.807, 2.05) is 0 Å². The molecule has 0 unspecified atom stereocenters. The van der Waals surface area contributed by atoms with E-state index in [0.717, 1.165) is 0 Å². The van der Waals surface area contributed by atoms with Crippen LogP contribution in [-0.4, -0.2) is 34.1 Å². The zero-order chi connectivity index (χ0) is 15.8. The van der Waals surface area contributed by atoms with Gasteiger partial charge in [-0.2, -0.15) is 0 Å². The van der Waals surface area contributed by atoms with Crippen molar-refractivity contribution < 1.29 is 19.1 Å². The average molecular weight is 350 g/mol. The molecule has 1 fully saturated rings. The van der Waals surface area contributed by atoms with Gasteiger partial charge in [-0.3, -0.25) is 0 Å². The summed E-state index contributed by atoms with van der Waals surface area (Å²) in [6.45, 7) is 10.7. The Hall–Kier alpha value is -0.780. The molecule has 1 N–H and O–H groups in total. The lowest BCUT2D eigenvalue weighted by molar-refractivity contribution is -0.159. The molecule has 2 atom stereocenters. The van der Waals surface area contributed by atoms with Crippen molar-refractivity contribution in [3.05, 3.63) is 0 Å². The predicted octanol–water partition coefficient (Wildman–Crippen LogP) is 3.01. The number of ether oxygens (including phenoxy) is 2. The van der Waals surface area contributed by atoms with Gasteiger partial charge >= 0.3 is 12.1 Å². The van der Waals surface area contributed by atoms with Crippen LogP contribution in [0, 0.1) is 5.92 Å². The minimum atomic E-state index is -0.959. The first kappa shape index (κ1) is 17.3. The molecular formula is C14H24BrNO4. The van der Waals surface area contributed by atoms with Crippen LogP contribution < -0.4 is 5.32 Å². The van der Waals surface area contributed by atoms with Crippen LogP contribution in [0.25, 0.3) is 0 Å². The van der Waals surface area contributed by atoms with Crippen LogP contribution in [0.5, 0.6) is 0 Å². The molecule has 116 valence electrons. The second-order valence-electron chi connectivity index (χ2n) is 7.16. The summed E-state index contributed by atoms with van der Waals surface area (Å²) < 4.78 is 10.6. The van der Waals surface area contributed by atoms with E-state index < -0.39 is 28.8 Å². The third-order valence-electron chi connectivity index (χ3n) is 2.78. The Balaban J connectivity index is 2.75. The summed E-state index contributed by atoms with van der Waals surface area (Å²) in [7, 11) is 0. The Morgan fingerprint density at radius 3 is 2.00 bits per heavy atom. The minimum absolute atomic E-state index is 0.0323. The van der Waals surface area contributed by atoms with Gasteiger partial charge in [-0.25, -0.2) is 9.59 Å². The molecule has 0 aliphatic heterocycles. The van der Waals surface area contributed by atoms with Crippen molar-refractivity contribution in [3.8, 4) is 0 Å².